The second-order valence-electron chi connectivity index (χ2n) is 4.91. The molecule has 1 aromatic rings. The summed E-state index contributed by atoms with van der Waals surface area (Å²) in [6.07, 6.45) is 1.61. The molecule has 0 bridgehead atoms. The van der Waals surface area contributed by atoms with Crippen molar-refractivity contribution in [2.24, 2.45) is 5.41 Å². The molecule has 1 atom stereocenters. The Bertz CT molecular complexity index is 317. The average Bonchev–Trinajstić information content (AvgIpc) is 2.62. The topological polar surface area (TPSA) is 29.3 Å². The molecule has 0 radical (unpaired) electrons. The van der Waals surface area contributed by atoms with E-state index < -0.39 is 0 Å². The number of hydrogen-bond donors (Lipinski definition) is 0. The molecule has 0 aromatic carbocycles. The third-order valence-electron chi connectivity index (χ3n) is 2.81. The van der Waals surface area contributed by atoms with Gasteiger partial charge in [0.1, 0.15) is 6.26 Å². The highest BCUT2D eigenvalue weighted by Gasteiger charge is 2.26. The molecular weight excluding hydrogens is 212 g/mol. The van der Waals surface area contributed by atoms with Crippen molar-refractivity contribution in [3.8, 4) is 0 Å². The first kappa shape index (κ1) is 12.4. The van der Waals surface area contributed by atoms with E-state index in [0.717, 1.165) is 5.69 Å². The zero-order valence-electron chi connectivity index (χ0n) is 10.0. The summed E-state index contributed by atoms with van der Waals surface area (Å²) in [6, 6.07) is 0.979. The lowest BCUT2D eigenvalue weighted by molar-refractivity contribution is 0.318. The molecule has 1 unspecified atom stereocenters. The van der Waals surface area contributed by atoms with Gasteiger partial charge in [0, 0.05) is 13.1 Å². The van der Waals surface area contributed by atoms with Crippen LogP contribution in [0, 0.1) is 5.41 Å². The molecule has 86 valence electrons. The van der Waals surface area contributed by atoms with Gasteiger partial charge in [0.2, 0.25) is 0 Å². The Labute approximate surface area is 96.4 Å². The zero-order chi connectivity index (χ0) is 11.6. The van der Waals surface area contributed by atoms with Gasteiger partial charge in [0.15, 0.2) is 0 Å². The lowest BCUT2D eigenvalue weighted by atomic mass is 9.87. The molecule has 0 fully saturated rings. The molecule has 1 heterocycles. The molecule has 0 amide bonds. The minimum Gasteiger partial charge on any atom is -0.432 e. The van der Waals surface area contributed by atoms with Crippen molar-refractivity contribution >= 4 is 17.6 Å². The lowest BCUT2D eigenvalue weighted by Crippen LogP contribution is -2.39. The first-order valence-electron chi connectivity index (χ1n) is 5.09. The Balaban J connectivity index is 2.80. The van der Waals surface area contributed by atoms with E-state index in [4.69, 9.17) is 16.0 Å². The Kier molecular flexibility index (Phi) is 3.66. The van der Waals surface area contributed by atoms with Crippen molar-refractivity contribution in [1.29, 1.82) is 0 Å². The summed E-state index contributed by atoms with van der Waals surface area (Å²) >= 11 is 5.67. The lowest BCUT2D eigenvalue weighted by Gasteiger charge is -2.34. The molecule has 0 N–H and O–H groups in total. The third kappa shape index (κ3) is 2.88. The smallest absolute Gasteiger partial charge is 0.297 e. The van der Waals surface area contributed by atoms with E-state index >= 15 is 0 Å². The molecule has 15 heavy (non-hydrogen) atoms. The van der Waals surface area contributed by atoms with E-state index in [2.05, 4.69) is 32.7 Å². The van der Waals surface area contributed by atoms with Gasteiger partial charge >= 0.3 is 0 Å². The van der Waals surface area contributed by atoms with Crippen molar-refractivity contribution < 1.29 is 4.42 Å². The van der Waals surface area contributed by atoms with E-state index in [0.29, 0.717) is 17.9 Å². The van der Waals surface area contributed by atoms with E-state index in [9.17, 15) is 0 Å². The van der Waals surface area contributed by atoms with Crippen molar-refractivity contribution in [3.05, 3.63) is 12.0 Å². The monoisotopic (exact) mass is 230 g/mol. The molecule has 0 saturated carbocycles. The maximum Gasteiger partial charge on any atom is 0.297 e. The van der Waals surface area contributed by atoms with Gasteiger partial charge < -0.3 is 9.32 Å². The summed E-state index contributed by atoms with van der Waals surface area (Å²) in [4.78, 5) is 6.33. The summed E-state index contributed by atoms with van der Waals surface area (Å²) in [5.41, 5.74) is 0.962. The van der Waals surface area contributed by atoms with Gasteiger partial charge in [-0.2, -0.15) is 4.98 Å². The number of oxazole rings is 1. The van der Waals surface area contributed by atoms with Crippen LogP contribution in [-0.4, -0.2) is 18.1 Å². The minimum atomic E-state index is 0.185. The van der Waals surface area contributed by atoms with Gasteiger partial charge in [-0.15, -0.1) is 11.6 Å². The van der Waals surface area contributed by atoms with Gasteiger partial charge in [-0.3, -0.25) is 0 Å². The summed E-state index contributed by atoms with van der Waals surface area (Å²) < 4.78 is 5.36. The molecule has 1 aromatic heterocycles. The van der Waals surface area contributed by atoms with Crippen molar-refractivity contribution in [2.75, 3.05) is 11.9 Å². The van der Waals surface area contributed by atoms with E-state index in [1.54, 1.807) is 6.26 Å². The molecule has 0 spiro atoms. The molecular formula is C11H19ClN2O. The van der Waals surface area contributed by atoms with Crippen LogP contribution in [0.2, 0.25) is 0 Å². The zero-order valence-corrected chi connectivity index (χ0v) is 10.8. The Morgan fingerprint density at radius 3 is 2.53 bits per heavy atom. The van der Waals surface area contributed by atoms with Gasteiger partial charge in [-0.1, -0.05) is 20.8 Å². The first-order valence-corrected chi connectivity index (χ1v) is 5.63. The number of nitrogens with zero attached hydrogens (tertiary/aromatic N) is 2. The third-order valence-corrected chi connectivity index (χ3v) is 3.09. The average molecular weight is 231 g/mol. The van der Waals surface area contributed by atoms with E-state index in [1.807, 2.05) is 11.9 Å². The Morgan fingerprint density at radius 2 is 2.13 bits per heavy atom. The maximum absolute atomic E-state index is 5.67. The normalized spacial score (nSPS) is 14.0. The predicted molar refractivity (Wildman–Crippen MR) is 63.4 cm³/mol. The largest absolute Gasteiger partial charge is 0.432 e. The van der Waals surface area contributed by atoms with Crippen LogP contribution >= 0.6 is 11.6 Å². The fraction of sp³-hybridized carbons (Fsp3) is 0.727. The van der Waals surface area contributed by atoms with Crippen LogP contribution < -0.4 is 4.90 Å². The fourth-order valence-electron chi connectivity index (χ4n) is 1.27. The summed E-state index contributed by atoms with van der Waals surface area (Å²) in [5, 5.41) is 0. The molecule has 0 aliphatic rings. The van der Waals surface area contributed by atoms with Gasteiger partial charge in [-0.25, -0.2) is 0 Å². The highest BCUT2D eigenvalue weighted by atomic mass is 35.5. The van der Waals surface area contributed by atoms with Crippen molar-refractivity contribution in [2.45, 2.75) is 39.6 Å². The molecule has 4 heteroatoms. The van der Waals surface area contributed by atoms with Crippen LogP contribution in [0.25, 0.3) is 0 Å². The van der Waals surface area contributed by atoms with Crippen LogP contribution in [-0.2, 0) is 5.88 Å². The maximum atomic E-state index is 5.67. The Hall–Kier alpha value is -0.700. The SMILES string of the molecule is CC(N(C)c1nc(CCl)co1)C(C)(C)C. The molecule has 0 saturated heterocycles. The molecule has 0 aliphatic carbocycles. The second-order valence-corrected chi connectivity index (χ2v) is 5.18. The highest BCUT2D eigenvalue weighted by molar-refractivity contribution is 6.16. The number of hydrogen-bond acceptors (Lipinski definition) is 3. The number of alkyl halides is 1. The van der Waals surface area contributed by atoms with Crippen LogP contribution in [0.4, 0.5) is 6.01 Å². The quantitative estimate of drug-likeness (QED) is 0.747. The summed E-state index contributed by atoms with van der Waals surface area (Å²) in [6.45, 7) is 8.74. The Morgan fingerprint density at radius 1 is 1.53 bits per heavy atom. The number of halogens is 1. The number of anilines is 1. The van der Waals surface area contributed by atoms with Crippen LogP contribution in [0.1, 0.15) is 33.4 Å². The second kappa shape index (κ2) is 4.44. The minimum absolute atomic E-state index is 0.185. The van der Waals surface area contributed by atoms with Gasteiger partial charge in [0.05, 0.1) is 11.6 Å². The summed E-state index contributed by atoms with van der Waals surface area (Å²) in [5.74, 6) is 0.390. The fourth-order valence-corrected chi connectivity index (χ4v) is 1.39. The van der Waals surface area contributed by atoms with Gasteiger partial charge in [-0.05, 0) is 12.3 Å². The number of aromatic nitrogens is 1. The predicted octanol–water partition coefficient (Wildman–Crippen LogP) is 3.28. The number of rotatable bonds is 3. The van der Waals surface area contributed by atoms with Gasteiger partial charge in [0.25, 0.3) is 6.01 Å². The standard InChI is InChI=1S/C11H19ClN2O/c1-8(11(2,3)4)14(5)10-13-9(6-12)7-15-10/h7-8H,6H2,1-5H3. The van der Waals surface area contributed by atoms with Crippen LogP contribution in [0.5, 0.6) is 0 Å². The highest BCUT2D eigenvalue weighted by Crippen LogP contribution is 2.26. The molecule has 1 rings (SSSR count). The summed E-state index contributed by atoms with van der Waals surface area (Å²) in [7, 11) is 1.99. The van der Waals surface area contributed by atoms with Crippen molar-refractivity contribution in [3.63, 3.8) is 0 Å². The first-order chi connectivity index (χ1) is 6.86. The van der Waals surface area contributed by atoms with Crippen molar-refractivity contribution in [1.82, 2.24) is 4.98 Å². The van der Waals surface area contributed by atoms with E-state index in [1.165, 1.54) is 0 Å². The van der Waals surface area contributed by atoms with Crippen LogP contribution in [0.15, 0.2) is 10.7 Å². The molecule has 0 aliphatic heterocycles. The van der Waals surface area contributed by atoms with E-state index in [-0.39, 0.29) is 5.41 Å². The van der Waals surface area contributed by atoms with Crippen LogP contribution in [0.3, 0.4) is 0 Å². The molecule has 3 nitrogen and oxygen atoms in total.